The van der Waals surface area contributed by atoms with Gasteiger partial charge in [-0.25, -0.2) is 0 Å². The highest BCUT2D eigenvalue weighted by atomic mass is 16.2. The monoisotopic (exact) mass is 235 g/mol. The molecule has 1 heterocycles. The quantitative estimate of drug-likeness (QED) is 0.821. The normalized spacial score (nSPS) is 13.2. The molecule has 1 rings (SSSR count). The number of hydrogen-bond donors (Lipinski definition) is 2. The van der Waals surface area contributed by atoms with Crippen LogP contribution in [0.2, 0.25) is 0 Å². The summed E-state index contributed by atoms with van der Waals surface area (Å²) in [4.78, 5) is 15.7. The van der Waals surface area contributed by atoms with Gasteiger partial charge in [-0.3, -0.25) is 9.78 Å². The van der Waals surface area contributed by atoms with Gasteiger partial charge in [-0.2, -0.15) is 0 Å². The van der Waals surface area contributed by atoms with Gasteiger partial charge in [0.1, 0.15) is 0 Å². The van der Waals surface area contributed by atoms with Crippen molar-refractivity contribution in [2.75, 3.05) is 6.54 Å². The number of pyridine rings is 1. The number of hydrogen-bond acceptors (Lipinski definition) is 3. The second-order valence-corrected chi connectivity index (χ2v) is 5.25. The Morgan fingerprint density at radius 1 is 1.53 bits per heavy atom. The molecule has 0 fully saturated rings. The number of nitrogens with two attached hydrogens (primary N) is 1. The standard InChI is InChI=1S/C13H21N3O/c1-13(2,3)11(14)12(17)16-8-6-10-5-4-7-15-9-10/h4-5,7,9,11H,6,8,14H2,1-3H3,(H,16,17)/t11-/m1/s1. The maximum Gasteiger partial charge on any atom is 0.237 e. The Bertz CT molecular complexity index is 357. The van der Waals surface area contributed by atoms with E-state index in [0.29, 0.717) is 6.54 Å². The Hall–Kier alpha value is -1.42. The van der Waals surface area contributed by atoms with E-state index in [9.17, 15) is 4.79 Å². The largest absolute Gasteiger partial charge is 0.354 e. The van der Waals surface area contributed by atoms with E-state index in [2.05, 4.69) is 10.3 Å². The zero-order chi connectivity index (χ0) is 12.9. The van der Waals surface area contributed by atoms with Crippen molar-refractivity contribution in [1.82, 2.24) is 10.3 Å². The summed E-state index contributed by atoms with van der Waals surface area (Å²) in [5.74, 6) is -0.0959. The lowest BCUT2D eigenvalue weighted by Crippen LogP contribution is -2.48. The topological polar surface area (TPSA) is 68.0 Å². The van der Waals surface area contributed by atoms with Crippen molar-refractivity contribution < 1.29 is 4.79 Å². The minimum absolute atomic E-state index is 0.0959. The van der Waals surface area contributed by atoms with Crippen LogP contribution in [0, 0.1) is 5.41 Å². The summed E-state index contributed by atoms with van der Waals surface area (Å²) in [6, 6.07) is 3.40. The van der Waals surface area contributed by atoms with E-state index in [-0.39, 0.29) is 11.3 Å². The van der Waals surface area contributed by atoms with Gasteiger partial charge >= 0.3 is 0 Å². The van der Waals surface area contributed by atoms with E-state index in [4.69, 9.17) is 5.73 Å². The second-order valence-electron chi connectivity index (χ2n) is 5.25. The molecule has 0 radical (unpaired) electrons. The fourth-order valence-corrected chi connectivity index (χ4v) is 1.38. The van der Waals surface area contributed by atoms with E-state index in [0.717, 1.165) is 12.0 Å². The van der Waals surface area contributed by atoms with Gasteiger partial charge in [0.25, 0.3) is 0 Å². The summed E-state index contributed by atoms with van der Waals surface area (Å²) >= 11 is 0. The maximum atomic E-state index is 11.7. The fourth-order valence-electron chi connectivity index (χ4n) is 1.38. The first-order chi connectivity index (χ1) is 7.91. The molecule has 0 aliphatic heterocycles. The van der Waals surface area contributed by atoms with Crippen molar-refractivity contribution in [3.63, 3.8) is 0 Å². The third-order valence-corrected chi connectivity index (χ3v) is 2.65. The molecule has 0 saturated heterocycles. The fraction of sp³-hybridized carbons (Fsp3) is 0.538. The van der Waals surface area contributed by atoms with Crippen LogP contribution in [-0.2, 0) is 11.2 Å². The summed E-state index contributed by atoms with van der Waals surface area (Å²) < 4.78 is 0. The maximum absolute atomic E-state index is 11.7. The number of nitrogens with one attached hydrogen (secondary N) is 1. The van der Waals surface area contributed by atoms with E-state index in [1.54, 1.807) is 12.4 Å². The molecule has 0 aliphatic rings. The number of nitrogens with zero attached hydrogens (tertiary/aromatic N) is 1. The molecule has 0 unspecified atom stereocenters. The van der Waals surface area contributed by atoms with Crippen molar-refractivity contribution in [2.24, 2.45) is 11.1 Å². The number of carbonyl (C=O) groups is 1. The average molecular weight is 235 g/mol. The zero-order valence-corrected chi connectivity index (χ0v) is 10.7. The number of carbonyl (C=O) groups excluding carboxylic acids is 1. The van der Waals surface area contributed by atoms with Crippen LogP contribution in [0.5, 0.6) is 0 Å². The van der Waals surface area contributed by atoms with E-state index in [1.165, 1.54) is 0 Å². The van der Waals surface area contributed by atoms with Crippen LogP contribution in [0.1, 0.15) is 26.3 Å². The zero-order valence-electron chi connectivity index (χ0n) is 10.7. The molecular weight excluding hydrogens is 214 g/mol. The van der Waals surface area contributed by atoms with Gasteiger partial charge in [-0.1, -0.05) is 26.8 Å². The number of rotatable bonds is 4. The van der Waals surface area contributed by atoms with Crippen LogP contribution in [0.4, 0.5) is 0 Å². The Balaban J connectivity index is 2.35. The van der Waals surface area contributed by atoms with Crippen LogP contribution < -0.4 is 11.1 Å². The predicted octanol–water partition coefficient (Wildman–Crippen LogP) is 1.11. The summed E-state index contributed by atoms with van der Waals surface area (Å²) in [5, 5.41) is 2.85. The van der Waals surface area contributed by atoms with Crippen molar-refractivity contribution in [3.8, 4) is 0 Å². The first-order valence-corrected chi connectivity index (χ1v) is 5.83. The number of amides is 1. The number of aromatic nitrogens is 1. The highest BCUT2D eigenvalue weighted by Gasteiger charge is 2.26. The van der Waals surface area contributed by atoms with Gasteiger partial charge in [0.2, 0.25) is 5.91 Å². The minimum atomic E-state index is -0.476. The molecule has 4 heteroatoms. The van der Waals surface area contributed by atoms with Crippen molar-refractivity contribution in [3.05, 3.63) is 30.1 Å². The van der Waals surface area contributed by atoms with Crippen molar-refractivity contribution in [2.45, 2.75) is 33.2 Å². The van der Waals surface area contributed by atoms with Crippen LogP contribution in [0.15, 0.2) is 24.5 Å². The summed E-state index contributed by atoms with van der Waals surface area (Å²) in [7, 11) is 0. The Kier molecular flexibility index (Phi) is 4.63. The Labute approximate surface area is 103 Å². The average Bonchev–Trinajstić information content (AvgIpc) is 2.28. The molecular formula is C13H21N3O. The Morgan fingerprint density at radius 2 is 2.24 bits per heavy atom. The molecule has 0 spiro atoms. The Morgan fingerprint density at radius 3 is 2.76 bits per heavy atom. The van der Waals surface area contributed by atoms with E-state index in [1.807, 2.05) is 32.9 Å². The van der Waals surface area contributed by atoms with Gasteiger partial charge < -0.3 is 11.1 Å². The molecule has 0 aliphatic carbocycles. The van der Waals surface area contributed by atoms with Gasteiger partial charge in [-0.05, 0) is 23.5 Å². The molecule has 1 aromatic heterocycles. The van der Waals surface area contributed by atoms with Crippen LogP contribution in [0.25, 0.3) is 0 Å². The summed E-state index contributed by atoms with van der Waals surface area (Å²) in [6.45, 7) is 6.46. The lowest BCUT2D eigenvalue weighted by atomic mass is 9.87. The molecule has 1 amide bonds. The molecule has 1 atom stereocenters. The second kappa shape index (κ2) is 5.77. The highest BCUT2D eigenvalue weighted by Crippen LogP contribution is 2.16. The molecule has 4 nitrogen and oxygen atoms in total. The highest BCUT2D eigenvalue weighted by molar-refractivity contribution is 5.82. The molecule has 0 saturated carbocycles. The summed E-state index contributed by atoms with van der Waals surface area (Å²) in [6.07, 6.45) is 4.31. The first kappa shape index (κ1) is 13.6. The molecule has 0 bridgehead atoms. The van der Waals surface area contributed by atoms with Gasteiger partial charge in [0.05, 0.1) is 6.04 Å². The molecule has 0 aromatic carbocycles. The minimum Gasteiger partial charge on any atom is -0.354 e. The van der Waals surface area contributed by atoms with Crippen molar-refractivity contribution >= 4 is 5.91 Å². The van der Waals surface area contributed by atoms with E-state index >= 15 is 0 Å². The third kappa shape index (κ3) is 4.53. The third-order valence-electron chi connectivity index (χ3n) is 2.65. The smallest absolute Gasteiger partial charge is 0.237 e. The molecule has 17 heavy (non-hydrogen) atoms. The lowest BCUT2D eigenvalue weighted by Gasteiger charge is -2.25. The van der Waals surface area contributed by atoms with Gasteiger partial charge in [-0.15, -0.1) is 0 Å². The van der Waals surface area contributed by atoms with Crippen LogP contribution in [0.3, 0.4) is 0 Å². The van der Waals surface area contributed by atoms with Gasteiger partial charge in [0, 0.05) is 18.9 Å². The molecule has 94 valence electrons. The van der Waals surface area contributed by atoms with Crippen LogP contribution >= 0.6 is 0 Å². The SMILES string of the molecule is CC(C)(C)[C@H](N)C(=O)NCCc1cccnc1. The molecule has 3 N–H and O–H groups in total. The van der Waals surface area contributed by atoms with Gasteiger partial charge in [0.15, 0.2) is 0 Å². The summed E-state index contributed by atoms with van der Waals surface area (Å²) in [5.41, 5.74) is 6.75. The predicted molar refractivity (Wildman–Crippen MR) is 68.4 cm³/mol. The first-order valence-electron chi connectivity index (χ1n) is 5.83. The molecule has 1 aromatic rings. The van der Waals surface area contributed by atoms with Crippen molar-refractivity contribution in [1.29, 1.82) is 0 Å². The lowest BCUT2D eigenvalue weighted by molar-refractivity contribution is -0.124. The van der Waals surface area contributed by atoms with Crippen LogP contribution in [-0.4, -0.2) is 23.5 Å². The van der Waals surface area contributed by atoms with E-state index < -0.39 is 6.04 Å².